The second kappa shape index (κ2) is 6.83. The Labute approximate surface area is 165 Å². The van der Waals surface area contributed by atoms with Crippen molar-refractivity contribution in [3.8, 4) is 0 Å². The summed E-state index contributed by atoms with van der Waals surface area (Å²) < 4.78 is 6.11. The van der Waals surface area contributed by atoms with Crippen LogP contribution in [0.4, 0.5) is 0 Å². The third kappa shape index (κ3) is 3.03. The summed E-state index contributed by atoms with van der Waals surface area (Å²) in [6.45, 7) is 10.1. The molecular weight excluding hydrogens is 336 g/mol. The van der Waals surface area contributed by atoms with Gasteiger partial charge in [-0.3, -0.25) is 4.79 Å². The highest BCUT2D eigenvalue weighted by molar-refractivity contribution is 5.79. The van der Waals surface area contributed by atoms with E-state index in [0.717, 1.165) is 50.7 Å². The Morgan fingerprint density at radius 3 is 2.52 bits per heavy atom. The predicted octanol–water partition coefficient (Wildman–Crippen LogP) is 5.00. The first-order chi connectivity index (χ1) is 12.7. The molecule has 0 aromatic rings. The lowest BCUT2D eigenvalue weighted by molar-refractivity contribution is -0.178. The number of hydrogen-bond donors (Lipinski definition) is 1. The van der Waals surface area contributed by atoms with E-state index in [1.807, 2.05) is 13.8 Å². The van der Waals surface area contributed by atoms with Crippen LogP contribution in [-0.2, 0) is 9.53 Å². The highest BCUT2D eigenvalue weighted by atomic mass is 16.5. The zero-order chi connectivity index (χ0) is 19.4. The fourth-order valence-corrected chi connectivity index (χ4v) is 8.47. The van der Waals surface area contributed by atoms with Crippen LogP contribution in [-0.4, -0.2) is 29.7 Å². The predicted molar refractivity (Wildman–Crippen MR) is 107 cm³/mol. The topological polar surface area (TPSA) is 46.5 Å². The number of ketones is 1. The summed E-state index contributed by atoms with van der Waals surface area (Å²) in [5.41, 5.74) is -0.00686. The molecule has 1 N–H and O–H groups in total. The van der Waals surface area contributed by atoms with E-state index in [0.29, 0.717) is 17.6 Å². The lowest BCUT2D eigenvalue weighted by atomic mass is 9.43. The molecular formula is C24H40O3. The molecule has 0 amide bonds. The van der Waals surface area contributed by atoms with Gasteiger partial charge in [0.05, 0.1) is 12.2 Å². The third-order valence-corrected chi connectivity index (χ3v) is 9.72. The van der Waals surface area contributed by atoms with Gasteiger partial charge < -0.3 is 9.84 Å². The van der Waals surface area contributed by atoms with Gasteiger partial charge in [-0.1, -0.05) is 6.92 Å². The average Bonchev–Trinajstić information content (AvgIpc) is 2.97. The van der Waals surface area contributed by atoms with Crippen LogP contribution in [0.5, 0.6) is 0 Å². The number of ether oxygens (including phenoxy) is 1. The van der Waals surface area contributed by atoms with E-state index in [9.17, 15) is 9.90 Å². The number of carbonyl (C=O) groups excluding carboxylic acids is 1. The zero-order valence-corrected chi connectivity index (χ0v) is 17.9. The van der Waals surface area contributed by atoms with Gasteiger partial charge in [0.15, 0.2) is 0 Å². The molecule has 4 saturated carbocycles. The SMILES string of the molecule is CCOC[C@]12CCC(C)(O)C[C@H]1CC[C@H]1[C@@H]3CC[C@H](C(C)=O)[C@@]3(C)CC[C@@H]12. The lowest BCUT2D eigenvalue weighted by Gasteiger charge is -2.62. The highest BCUT2D eigenvalue weighted by Gasteiger charge is 2.62. The summed E-state index contributed by atoms with van der Waals surface area (Å²) in [6, 6.07) is 0. The monoisotopic (exact) mass is 376 g/mol. The summed E-state index contributed by atoms with van der Waals surface area (Å²) >= 11 is 0. The molecule has 3 nitrogen and oxygen atoms in total. The molecule has 4 aliphatic rings. The number of carbonyl (C=O) groups is 1. The first kappa shape index (κ1) is 19.9. The third-order valence-electron chi connectivity index (χ3n) is 9.72. The van der Waals surface area contributed by atoms with Crippen molar-refractivity contribution >= 4 is 5.78 Å². The molecule has 0 aliphatic heterocycles. The van der Waals surface area contributed by atoms with Crippen molar-refractivity contribution in [3.63, 3.8) is 0 Å². The van der Waals surface area contributed by atoms with Gasteiger partial charge in [0.25, 0.3) is 0 Å². The zero-order valence-electron chi connectivity index (χ0n) is 17.9. The van der Waals surface area contributed by atoms with E-state index in [2.05, 4.69) is 13.8 Å². The average molecular weight is 377 g/mol. The molecule has 0 radical (unpaired) electrons. The van der Waals surface area contributed by atoms with E-state index in [1.54, 1.807) is 0 Å². The molecule has 0 aromatic heterocycles. The van der Waals surface area contributed by atoms with Crippen LogP contribution in [0.1, 0.15) is 85.5 Å². The summed E-state index contributed by atoms with van der Waals surface area (Å²) in [4.78, 5) is 12.3. The fraction of sp³-hybridized carbons (Fsp3) is 0.958. The van der Waals surface area contributed by atoms with Crippen LogP contribution in [0.2, 0.25) is 0 Å². The maximum atomic E-state index is 12.3. The summed E-state index contributed by atoms with van der Waals surface area (Å²) in [7, 11) is 0. The van der Waals surface area contributed by atoms with Crippen molar-refractivity contribution in [2.24, 2.45) is 40.4 Å². The molecule has 4 rings (SSSR count). The van der Waals surface area contributed by atoms with E-state index in [4.69, 9.17) is 4.74 Å². The van der Waals surface area contributed by atoms with Gasteiger partial charge >= 0.3 is 0 Å². The Morgan fingerprint density at radius 1 is 1.04 bits per heavy atom. The number of aliphatic hydroxyl groups is 1. The molecule has 4 aliphatic carbocycles. The highest BCUT2D eigenvalue weighted by Crippen LogP contribution is 2.68. The molecule has 0 spiro atoms. The first-order valence-electron chi connectivity index (χ1n) is 11.5. The molecule has 27 heavy (non-hydrogen) atoms. The summed E-state index contributed by atoms with van der Waals surface area (Å²) in [5, 5.41) is 10.8. The van der Waals surface area contributed by atoms with E-state index in [1.165, 1.54) is 32.1 Å². The molecule has 0 saturated heterocycles. The summed E-state index contributed by atoms with van der Waals surface area (Å²) in [6.07, 6.45) is 10.3. The van der Waals surface area contributed by atoms with Gasteiger partial charge in [0, 0.05) is 12.5 Å². The number of fused-ring (bicyclic) bond motifs is 5. The minimum atomic E-state index is -0.497. The lowest BCUT2D eigenvalue weighted by Crippen LogP contribution is -2.58. The van der Waals surface area contributed by atoms with Crippen LogP contribution < -0.4 is 0 Å². The first-order valence-corrected chi connectivity index (χ1v) is 11.5. The number of rotatable bonds is 4. The Morgan fingerprint density at radius 2 is 1.81 bits per heavy atom. The smallest absolute Gasteiger partial charge is 0.133 e. The van der Waals surface area contributed by atoms with Gasteiger partial charge in [-0.25, -0.2) is 0 Å². The molecule has 4 fully saturated rings. The summed E-state index contributed by atoms with van der Waals surface area (Å²) in [5.74, 6) is 3.51. The van der Waals surface area contributed by atoms with Crippen LogP contribution >= 0.6 is 0 Å². The van der Waals surface area contributed by atoms with E-state index < -0.39 is 5.60 Å². The van der Waals surface area contributed by atoms with Gasteiger partial charge in [-0.2, -0.15) is 0 Å². The molecule has 0 aromatic carbocycles. The second-order valence-electron chi connectivity index (χ2n) is 11.0. The minimum Gasteiger partial charge on any atom is -0.390 e. The van der Waals surface area contributed by atoms with Crippen LogP contribution in [0, 0.1) is 40.4 Å². The Balaban J connectivity index is 1.64. The Bertz CT molecular complexity index is 584. The molecule has 0 bridgehead atoms. The number of Topliss-reactive ketones (excluding diaryl/α,β-unsaturated/α-hetero) is 1. The van der Waals surface area contributed by atoms with Gasteiger partial charge in [-0.15, -0.1) is 0 Å². The number of hydrogen-bond acceptors (Lipinski definition) is 3. The Hall–Kier alpha value is -0.410. The van der Waals surface area contributed by atoms with Crippen molar-refractivity contribution in [1.29, 1.82) is 0 Å². The normalized spacial score (nSPS) is 52.0. The van der Waals surface area contributed by atoms with Gasteiger partial charge in [0.1, 0.15) is 5.78 Å². The maximum Gasteiger partial charge on any atom is 0.133 e. The maximum absolute atomic E-state index is 12.3. The van der Waals surface area contributed by atoms with Crippen molar-refractivity contribution < 1.29 is 14.6 Å². The van der Waals surface area contributed by atoms with Gasteiger partial charge in [-0.05, 0) is 113 Å². The molecule has 3 heteroatoms. The Kier molecular flexibility index (Phi) is 5.03. The van der Waals surface area contributed by atoms with Crippen LogP contribution in [0.15, 0.2) is 0 Å². The van der Waals surface area contributed by atoms with E-state index >= 15 is 0 Å². The largest absolute Gasteiger partial charge is 0.390 e. The minimum absolute atomic E-state index is 0.229. The molecule has 0 heterocycles. The standard InChI is InChI=1S/C24H40O3/c1-5-27-15-24-13-12-22(3,26)14-17(24)6-7-18-20-9-8-19(16(2)25)23(20,4)11-10-21(18)24/h17-21,26H,5-15H2,1-4H3/t17-,18+,19-,20+,21+,22?,23-,24-/m1/s1. The van der Waals surface area contributed by atoms with Crippen LogP contribution in [0.3, 0.4) is 0 Å². The quantitative estimate of drug-likeness (QED) is 0.751. The molecule has 8 atom stereocenters. The van der Waals surface area contributed by atoms with E-state index in [-0.39, 0.29) is 16.7 Å². The van der Waals surface area contributed by atoms with Crippen LogP contribution in [0.25, 0.3) is 0 Å². The molecule has 1 unspecified atom stereocenters. The van der Waals surface area contributed by atoms with Crippen molar-refractivity contribution in [1.82, 2.24) is 0 Å². The second-order valence-corrected chi connectivity index (χ2v) is 11.0. The fourth-order valence-electron chi connectivity index (χ4n) is 8.47. The van der Waals surface area contributed by atoms with Crippen molar-refractivity contribution in [2.75, 3.05) is 13.2 Å². The molecule has 154 valence electrons. The van der Waals surface area contributed by atoms with Crippen molar-refractivity contribution in [3.05, 3.63) is 0 Å². The van der Waals surface area contributed by atoms with Crippen molar-refractivity contribution in [2.45, 2.75) is 91.1 Å². The van der Waals surface area contributed by atoms with Gasteiger partial charge in [0.2, 0.25) is 0 Å².